The van der Waals surface area contributed by atoms with Crippen molar-refractivity contribution in [2.24, 2.45) is 0 Å². The van der Waals surface area contributed by atoms with E-state index in [1.807, 2.05) is 7.05 Å². The lowest BCUT2D eigenvalue weighted by Crippen LogP contribution is -2.74. The number of hydrogen-bond donors (Lipinski definition) is 1. The standard InChI is InChI=1S/C13H30N2O/c1-12(2)9-11(14(5,6)7)10-13(3,4)15(12,8)16/h11,16H,9-10H2,1-8H3/q+2. The second-order valence-electron chi connectivity index (χ2n) is 7.76. The fourth-order valence-electron chi connectivity index (χ4n) is 2.95. The number of likely N-dealkylation sites (tertiary alicyclic amines) is 1. The minimum Gasteiger partial charge on any atom is -0.328 e. The molecule has 0 bridgehead atoms. The van der Waals surface area contributed by atoms with Gasteiger partial charge in [-0.2, -0.15) is 4.65 Å². The number of rotatable bonds is 1. The van der Waals surface area contributed by atoms with E-state index < -0.39 is 0 Å². The largest absolute Gasteiger partial charge is 0.328 e. The van der Waals surface area contributed by atoms with E-state index in [2.05, 4.69) is 48.8 Å². The second-order valence-corrected chi connectivity index (χ2v) is 7.76. The number of nitrogens with zero attached hydrogens (tertiary/aromatic N) is 2. The Morgan fingerprint density at radius 1 is 1.00 bits per heavy atom. The molecule has 1 aliphatic heterocycles. The Balaban J connectivity index is 3.09. The molecule has 0 unspecified atom stereocenters. The monoisotopic (exact) mass is 230 g/mol. The Hall–Kier alpha value is -0.120. The van der Waals surface area contributed by atoms with E-state index in [4.69, 9.17) is 0 Å². The average molecular weight is 230 g/mol. The maximum atomic E-state index is 10.7. The van der Waals surface area contributed by atoms with Crippen molar-refractivity contribution >= 4 is 0 Å². The molecule has 1 N–H and O–H groups in total. The third-order valence-corrected chi connectivity index (χ3v) is 4.92. The predicted octanol–water partition coefficient (Wildman–Crippen LogP) is 2.25. The zero-order valence-electron chi connectivity index (χ0n) is 12.3. The quantitative estimate of drug-likeness (QED) is 0.685. The van der Waals surface area contributed by atoms with Crippen molar-refractivity contribution in [1.82, 2.24) is 0 Å². The van der Waals surface area contributed by atoms with Crippen molar-refractivity contribution in [3.8, 4) is 0 Å². The minimum absolute atomic E-state index is 0.0854. The Morgan fingerprint density at radius 3 is 1.56 bits per heavy atom. The highest BCUT2D eigenvalue weighted by Gasteiger charge is 2.59. The number of hydroxylamine groups is 3. The molecule has 0 radical (unpaired) electrons. The van der Waals surface area contributed by atoms with Gasteiger partial charge >= 0.3 is 0 Å². The van der Waals surface area contributed by atoms with Crippen LogP contribution in [0.5, 0.6) is 0 Å². The summed E-state index contributed by atoms with van der Waals surface area (Å²) in [6.07, 6.45) is 2.12. The van der Waals surface area contributed by atoms with Gasteiger partial charge in [0.25, 0.3) is 0 Å². The van der Waals surface area contributed by atoms with Crippen molar-refractivity contribution in [2.45, 2.75) is 57.7 Å². The van der Waals surface area contributed by atoms with Crippen LogP contribution >= 0.6 is 0 Å². The summed E-state index contributed by atoms with van der Waals surface area (Å²) in [7, 11) is 8.71. The third kappa shape index (κ3) is 2.01. The normalized spacial score (nSPS) is 38.4. The Morgan fingerprint density at radius 2 is 1.31 bits per heavy atom. The minimum atomic E-state index is -0.0854. The molecule has 3 heteroatoms. The highest BCUT2D eigenvalue weighted by Crippen LogP contribution is 2.44. The molecular weight excluding hydrogens is 200 g/mol. The Bertz CT molecular complexity index is 254. The van der Waals surface area contributed by atoms with Gasteiger partial charge in [-0.25, -0.2) is 5.21 Å². The summed E-state index contributed by atoms with van der Waals surface area (Å²) in [5, 5.41) is 10.7. The zero-order chi connectivity index (χ0) is 13.0. The van der Waals surface area contributed by atoms with Gasteiger partial charge in [0, 0.05) is 0 Å². The number of hydrogen-bond acceptors (Lipinski definition) is 1. The van der Waals surface area contributed by atoms with Gasteiger partial charge in [0.05, 0.1) is 41.0 Å². The van der Waals surface area contributed by atoms with Crippen LogP contribution in [0.3, 0.4) is 0 Å². The van der Waals surface area contributed by atoms with E-state index in [1.165, 1.54) is 0 Å². The second kappa shape index (κ2) is 3.44. The van der Waals surface area contributed by atoms with E-state index in [-0.39, 0.29) is 15.7 Å². The first kappa shape index (κ1) is 13.9. The lowest BCUT2D eigenvalue weighted by atomic mass is 9.75. The number of quaternary nitrogens is 2. The van der Waals surface area contributed by atoms with Crippen LogP contribution in [0.1, 0.15) is 40.5 Å². The molecule has 1 aliphatic rings. The fourth-order valence-corrected chi connectivity index (χ4v) is 2.95. The lowest BCUT2D eigenvalue weighted by molar-refractivity contribution is -1.16. The van der Waals surface area contributed by atoms with Gasteiger partial charge in [0.2, 0.25) is 0 Å². The molecule has 3 nitrogen and oxygen atoms in total. The van der Waals surface area contributed by atoms with Gasteiger partial charge in [0.15, 0.2) is 0 Å². The van der Waals surface area contributed by atoms with E-state index in [0.717, 1.165) is 17.3 Å². The van der Waals surface area contributed by atoms with Crippen LogP contribution in [0.2, 0.25) is 0 Å². The topological polar surface area (TPSA) is 20.2 Å². The zero-order valence-corrected chi connectivity index (χ0v) is 12.3. The maximum absolute atomic E-state index is 10.7. The molecule has 0 aromatic heterocycles. The summed E-state index contributed by atoms with van der Waals surface area (Å²) < 4.78 is 1.10. The molecule has 1 rings (SSSR count). The van der Waals surface area contributed by atoms with E-state index >= 15 is 0 Å². The van der Waals surface area contributed by atoms with Gasteiger partial charge in [-0.15, -0.1) is 0 Å². The summed E-state index contributed by atoms with van der Waals surface area (Å²) in [4.78, 5) is 0. The third-order valence-electron chi connectivity index (χ3n) is 4.92. The van der Waals surface area contributed by atoms with Crippen LogP contribution in [0.4, 0.5) is 0 Å². The molecule has 0 atom stereocenters. The van der Waals surface area contributed by atoms with Crippen molar-refractivity contribution in [3.05, 3.63) is 0 Å². The van der Waals surface area contributed by atoms with E-state index in [9.17, 15) is 5.21 Å². The van der Waals surface area contributed by atoms with Crippen LogP contribution < -0.4 is 0 Å². The molecule has 0 amide bonds. The van der Waals surface area contributed by atoms with Crippen molar-refractivity contribution < 1.29 is 14.3 Å². The first-order valence-electron chi connectivity index (χ1n) is 6.22. The molecule has 96 valence electrons. The predicted molar refractivity (Wildman–Crippen MR) is 67.2 cm³/mol. The summed E-state index contributed by atoms with van der Waals surface area (Å²) in [5.41, 5.74) is -0.171. The molecule has 1 saturated heterocycles. The maximum Gasteiger partial charge on any atom is 0.129 e. The van der Waals surface area contributed by atoms with Gasteiger partial charge in [-0.3, -0.25) is 0 Å². The van der Waals surface area contributed by atoms with Gasteiger partial charge in [-0.05, 0) is 27.7 Å². The molecule has 0 aromatic rings. The Kier molecular flexibility index (Phi) is 3.00. The van der Waals surface area contributed by atoms with Crippen LogP contribution in [0, 0.1) is 0 Å². The van der Waals surface area contributed by atoms with Crippen LogP contribution in [-0.2, 0) is 0 Å². The first-order valence-corrected chi connectivity index (χ1v) is 6.22. The summed E-state index contributed by atoms with van der Waals surface area (Å²) in [5.74, 6) is 0. The van der Waals surface area contributed by atoms with Crippen LogP contribution in [0.25, 0.3) is 0 Å². The van der Waals surface area contributed by atoms with E-state index in [0.29, 0.717) is 6.04 Å². The summed E-state index contributed by atoms with van der Waals surface area (Å²) >= 11 is 0. The van der Waals surface area contributed by atoms with Gasteiger partial charge in [0.1, 0.15) is 17.1 Å². The highest BCUT2D eigenvalue weighted by molar-refractivity contribution is 4.88. The number of piperidine rings is 1. The average Bonchev–Trinajstić information content (AvgIpc) is 1.97. The summed E-state index contributed by atoms with van der Waals surface area (Å²) in [6.45, 7) is 8.71. The SMILES string of the molecule is CC1(C)CC([N+](C)(C)C)CC(C)(C)[N+]1(C)O. The summed E-state index contributed by atoms with van der Waals surface area (Å²) in [6, 6.07) is 0.614. The van der Waals surface area contributed by atoms with Crippen LogP contribution in [0.15, 0.2) is 0 Å². The van der Waals surface area contributed by atoms with E-state index in [1.54, 1.807) is 0 Å². The molecule has 0 saturated carbocycles. The fraction of sp³-hybridized carbons (Fsp3) is 1.00. The smallest absolute Gasteiger partial charge is 0.129 e. The molecule has 1 fully saturated rings. The molecule has 0 aromatic carbocycles. The molecule has 1 heterocycles. The molecule has 0 spiro atoms. The van der Waals surface area contributed by atoms with Crippen molar-refractivity contribution in [1.29, 1.82) is 0 Å². The lowest BCUT2D eigenvalue weighted by Gasteiger charge is -2.57. The first-order chi connectivity index (χ1) is 6.81. The Labute approximate surface area is 101 Å². The highest BCUT2D eigenvalue weighted by atomic mass is 16.6. The van der Waals surface area contributed by atoms with Gasteiger partial charge in [-0.1, -0.05) is 0 Å². The molecular formula is C13H30N2O+2. The molecule has 0 aliphatic carbocycles. The molecule has 16 heavy (non-hydrogen) atoms. The van der Waals surface area contributed by atoms with Gasteiger partial charge < -0.3 is 4.48 Å². The van der Waals surface area contributed by atoms with Crippen LogP contribution in [-0.4, -0.2) is 59.6 Å². The van der Waals surface area contributed by atoms with Crippen molar-refractivity contribution in [2.75, 3.05) is 28.2 Å². The van der Waals surface area contributed by atoms with Crippen molar-refractivity contribution in [3.63, 3.8) is 0 Å².